The molecule has 2 aromatic rings. The molecule has 2 heterocycles. The second-order valence-corrected chi connectivity index (χ2v) is 7.75. The van der Waals surface area contributed by atoms with E-state index >= 15 is 0 Å². The topological polar surface area (TPSA) is 38.8 Å². The first-order valence-electron chi connectivity index (χ1n) is 10.1. The Bertz CT molecular complexity index is 876. The highest BCUT2D eigenvalue weighted by Gasteiger charge is 2.31. The number of likely N-dealkylation sites (tertiary alicyclic amines) is 1. The molecule has 3 aliphatic rings. The van der Waals surface area contributed by atoms with Crippen LogP contribution in [0.4, 0.5) is 0 Å². The fraction of sp³-hybridized carbons (Fsp3) is 0.435. The molecule has 0 radical (unpaired) electrons. The Morgan fingerprint density at radius 3 is 2.67 bits per heavy atom. The van der Waals surface area contributed by atoms with Crippen molar-refractivity contribution in [3.8, 4) is 11.5 Å². The van der Waals surface area contributed by atoms with Crippen LogP contribution >= 0.6 is 0 Å². The number of hydrogen-bond donors (Lipinski definition) is 0. The highest BCUT2D eigenvalue weighted by Crippen LogP contribution is 2.38. The molecule has 1 atom stereocenters. The number of benzene rings is 2. The van der Waals surface area contributed by atoms with Crippen LogP contribution in [0.3, 0.4) is 0 Å². The fourth-order valence-electron chi connectivity index (χ4n) is 4.61. The summed E-state index contributed by atoms with van der Waals surface area (Å²) in [6.07, 6.45) is 6.38. The zero-order valence-electron chi connectivity index (χ0n) is 15.6. The first kappa shape index (κ1) is 16.7. The lowest BCUT2D eigenvalue weighted by Gasteiger charge is -2.26. The number of ether oxygens (including phenoxy) is 2. The van der Waals surface area contributed by atoms with E-state index in [-0.39, 0.29) is 11.9 Å². The van der Waals surface area contributed by atoms with Gasteiger partial charge in [-0.15, -0.1) is 0 Å². The summed E-state index contributed by atoms with van der Waals surface area (Å²) in [5.41, 5.74) is 4.74. The molecule has 1 aliphatic carbocycles. The summed E-state index contributed by atoms with van der Waals surface area (Å²) >= 11 is 0. The van der Waals surface area contributed by atoms with Crippen molar-refractivity contribution < 1.29 is 14.3 Å². The van der Waals surface area contributed by atoms with E-state index in [0.717, 1.165) is 61.3 Å². The van der Waals surface area contributed by atoms with Gasteiger partial charge in [0.05, 0.1) is 19.3 Å². The predicted octanol–water partition coefficient (Wildman–Crippen LogP) is 4.31. The van der Waals surface area contributed by atoms with Gasteiger partial charge in [-0.2, -0.15) is 0 Å². The van der Waals surface area contributed by atoms with Crippen molar-refractivity contribution in [2.24, 2.45) is 0 Å². The molecular formula is C23H25NO3. The molecule has 0 aromatic heterocycles. The molecule has 4 nitrogen and oxygen atoms in total. The van der Waals surface area contributed by atoms with Crippen LogP contribution < -0.4 is 9.47 Å². The lowest BCUT2D eigenvalue weighted by Crippen LogP contribution is -2.30. The maximum absolute atomic E-state index is 13.2. The predicted molar refractivity (Wildman–Crippen MR) is 104 cm³/mol. The third-order valence-electron chi connectivity index (χ3n) is 6.02. The van der Waals surface area contributed by atoms with Crippen molar-refractivity contribution in [3.05, 3.63) is 58.7 Å². The first-order chi connectivity index (χ1) is 13.3. The third-order valence-corrected chi connectivity index (χ3v) is 6.02. The van der Waals surface area contributed by atoms with E-state index in [9.17, 15) is 4.79 Å². The molecule has 1 fully saturated rings. The van der Waals surface area contributed by atoms with Gasteiger partial charge < -0.3 is 14.4 Å². The van der Waals surface area contributed by atoms with Crippen LogP contribution in [0.2, 0.25) is 0 Å². The Morgan fingerprint density at radius 2 is 1.74 bits per heavy atom. The van der Waals surface area contributed by atoms with Crippen molar-refractivity contribution in [2.45, 2.75) is 44.6 Å². The summed E-state index contributed by atoms with van der Waals surface area (Å²) in [5, 5.41) is 0. The average molecular weight is 363 g/mol. The highest BCUT2D eigenvalue weighted by atomic mass is 16.5. The van der Waals surface area contributed by atoms with Crippen molar-refractivity contribution in [3.63, 3.8) is 0 Å². The number of carbonyl (C=O) groups is 1. The number of fused-ring (bicyclic) bond motifs is 2. The minimum Gasteiger partial charge on any atom is -0.490 e. The molecule has 0 spiro atoms. The minimum atomic E-state index is 0.114. The van der Waals surface area contributed by atoms with Crippen LogP contribution in [0.25, 0.3) is 0 Å². The van der Waals surface area contributed by atoms with Crippen LogP contribution in [-0.4, -0.2) is 30.6 Å². The van der Waals surface area contributed by atoms with Gasteiger partial charge in [0.25, 0.3) is 5.91 Å². The van der Waals surface area contributed by atoms with Gasteiger partial charge in [0, 0.05) is 18.5 Å². The van der Waals surface area contributed by atoms with Gasteiger partial charge in [0.15, 0.2) is 11.5 Å². The summed E-state index contributed by atoms with van der Waals surface area (Å²) in [5.74, 6) is 1.77. The zero-order chi connectivity index (χ0) is 18.2. The molecule has 2 aromatic carbocycles. The molecule has 27 heavy (non-hydrogen) atoms. The Hall–Kier alpha value is -2.49. The van der Waals surface area contributed by atoms with Gasteiger partial charge in [-0.1, -0.05) is 12.1 Å². The third kappa shape index (κ3) is 3.07. The van der Waals surface area contributed by atoms with E-state index in [1.165, 1.54) is 17.5 Å². The number of hydrogen-bond acceptors (Lipinski definition) is 3. The van der Waals surface area contributed by atoms with Crippen LogP contribution in [0, 0.1) is 0 Å². The van der Waals surface area contributed by atoms with E-state index in [1.807, 2.05) is 17.0 Å². The van der Waals surface area contributed by atoms with Crippen LogP contribution in [0.15, 0.2) is 36.4 Å². The van der Waals surface area contributed by atoms with E-state index < -0.39 is 0 Å². The van der Waals surface area contributed by atoms with E-state index in [4.69, 9.17) is 9.47 Å². The number of carbonyl (C=O) groups excluding carboxylic acids is 1. The van der Waals surface area contributed by atoms with Crippen LogP contribution in [-0.2, 0) is 12.8 Å². The quantitative estimate of drug-likeness (QED) is 0.798. The Labute approximate surface area is 160 Å². The molecule has 1 amide bonds. The molecule has 0 bridgehead atoms. The summed E-state index contributed by atoms with van der Waals surface area (Å²) in [6.45, 7) is 2.19. The first-order valence-corrected chi connectivity index (χ1v) is 10.1. The van der Waals surface area contributed by atoms with Gasteiger partial charge >= 0.3 is 0 Å². The minimum absolute atomic E-state index is 0.114. The van der Waals surface area contributed by atoms with Crippen molar-refractivity contribution in [1.29, 1.82) is 0 Å². The standard InChI is InChI=1S/C23H25NO3/c25-23(19-8-7-16-4-1-5-17(16)14-19)24-11-2-6-20(24)18-9-10-21-22(15-18)27-13-3-12-26-21/h7-10,14-15,20H,1-6,11-13H2/t20-/m0/s1. The maximum atomic E-state index is 13.2. The number of nitrogens with zero attached hydrogens (tertiary/aromatic N) is 1. The molecule has 2 aliphatic heterocycles. The van der Waals surface area contributed by atoms with E-state index in [1.54, 1.807) is 0 Å². The van der Waals surface area contributed by atoms with E-state index in [2.05, 4.69) is 24.3 Å². The second-order valence-electron chi connectivity index (χ2n) is 7.75. The van der Waals surface area contributed by atoms with Gasteiger partial charge in [-0.3, -0.25) is 4.79 Å². The summed E-state index contributed by atoms with van der Waals surface area (Å²) < 4.78 is 11.6. The number of aryl methyl sites for hydroxylation is 2. The normalized spacial score (nSPS) is 21.0. The number of amides is 1. The van der Waals surface area contributed by atoms with Gasteiger partial charge in [-0.05, 0) is 73.1 Å². The average Bonchev–Trinajstić information content (AvgIpc) is 3.31. The Kier molecular flexibility index (Phi) is 4.27. The molecule has 5 rings (SSSR count). The summed E-state index contributed by atoms with van der Waals surface area (Å²) in [7, 11) is 0. The molecule has 0 N–H and O–H groups in total. The molecular weight excluding hydrogens is 338 g/mol. The molecule has 140 valence electrons. The largest absolute Gasteiger partial charge is 0.490 e. The molecule has 0 saturated carbocycles. The molecule has 1 saturated heterocycles. The molecule has 4 heteroatoms. The molecule has 0 unspecified atom stereocenters. The SMILES string of the molecule is O=C(c1ccc2c(c1)CCC2)N1CCC[C@H]1c1ccc2c(c1)OCCCO2. The second kappa shape index (κ2) is 6.91. The fourth-order valence-corrected chi connectivity index (χ4v) is 4.61. The number of rotatable bonds is 2. The van der Waals surface area contributed by atoms with Gasteiger partial charge in [0.1, 0.15) is 0 Å². The smallest absolute Gasteiger partial charge is 0.254 e. The lowest BCUT2D eigenvalue weighted by molar-refractivity contribution is 0.0735. The Balaban J connectivity index is 1.42. The zero-order valence-corrected chi connectivity index (χ0v) is 15.6. The van der Waals surface area contributed by atoms with Crippen molar-refractivity contribution >= 4 is 5.91 Å². The van der Waals surface area contributed by atoms with E-state index in [0.29, 0.717) is 13.2 Å². The monoisotopic (exact) mass is 363 g/mol. The van der Waals surface area contributed by atoms with Crippen LogP contribution in [0.1, 0.15) is 58.8 Å². The maximum Gasteiger partial charge on any atom is 0.254 e. The lowest BCUT2D eigenvalue weighted by atomic mass is 10.0. The van der Waals surface area contributed by atoms with Crippen molar-refractivity contribution in [1.82, 2.24) is 4.90 Å². The van der Waals surface area contributed by atoms with Crippen molar-refractivity contribution in [2.75, 3.05) is 19.8 Å². The summed E-state index contributed by atoms with van der Waals surface area (Å²) in [6, 6.07) is 12.5. The van der Waals surface area contributed by atoms with Gasteiger partial charge in [-0.25, -0.2) is 0 Å². The van der Waals surface area contributed by atoms with Gasteiger partial charge in [0.2, 0.25) is 0 Å². The Morgan fingerprint density at radius 1 is 0.889 bits per heavy atom. The van der Waals surface area contributed by atoms with Crippen LogP contribution in [0.5, 0.6) is 11.5 Å². The summed E-state index contributed by atoms with van der Waals surface area (Å²) in [4.78, 5) is 15.3. The highest BCUT2D eigenvalue weighted by molar-refractivity contribution is 5.95.